The number of rotatable bonds is 8. The second-order valence-electron chi connectivity index (χ2n) is 5.61. The van der Waals surface area contributed by atoms with E-state index >= 15 is 0 Å². The van der Waals surface area contributed by atoms with Gasteiger partial charge in [-0.3, -0.25) is 0 Å². The molecule has 0 amide bonds. The molecule has 118 valence electrons. The zero-order valence-corrected chi connectivity index (χ0v) is 12.2. The van der Waals surface area contributed by atoms with Crippen LogP contribution in [0.4, 0.5) is 13.2 Å². The van der Waals surface area contributed by atoms with Gasteiger partial charge in [0, 0.05) is 12.5 Å². The van der Waals surface area contributed by atoms with Crippen molar-refractivity contribution >= 4 is 0 Å². The molecule has 0 heterocycles. The van der Waals surface area contributed by atoms with E-state index in [-0.39, 0.29) is 12.5 Å². The maximum Gasteiger partial charge on any atom is 0.389 e. The van der Waals surface area contributed by atoms with E-state index in [9.17, 15) is 13.2 Å². The van der Waals surface area contributed by atoms with Crippen LogP contribution in [0.15, 0.2) is 24.3 Å². The molecule has 1 unspecified atom stereocenters. The summed E-state index contributed by atoms with van der Waals surface area (Å²) in [5, 5.41) is 3.41. The van der Waals surface area contributed by atoms with Gasteiger partial charge >= 0.3 is 6.18 Å². The second kappa shape index (κ2) is 7.16. The minimum Gasteiger partial charge on any atom is -0.497 e. The Bertz CT molecular complexity index is 426. The topological polar surface area (TPSA) is 21.3 Å². The molecule has 5 heteroatoms. The minimum atomic E-state index is -4.04. The number of unbranched alkanes of at least 4 members (excludes halogenated alkanes) is 1. The normalized spacial score (nSPS) is 16.8. The van der Waals surface area contributed by atoms with Gasteiger partial charge in [0.25, 0.3) is 0 Å². The number of methoxy groups -OCH3 is 1. The molecule has 1 saturated carbocycles. The van der Waals surface area contributed by atoms with Crippen molar-refractivity contribution in [3.05, 3.63) is 29.8 Å². The average molecular weight is 301 g/mol. The smallest absolute Gasteiger partial charge is 0.389 e. The molecule has 1 aliphatic carbocycles. The van der Waals surface area contributed by atoms with Crippen molar-refractivity contribution in [1.29, 1.82) is 0 Å². The van der Waals surface area contributed by atoms with Crippen LogP contribution in [0.2, 0.25) is 0 Å². The largest absolute Gasteiger partial charge is 0.497 e. The number of alkyl halides is 3. The molecule has 0 spiro atoms. The Labute approximate surface area is 123 Å². The van der Waals surface area contributed by atoms with Crippen LogP contribution >= 0.6 is 0 Å². The molecule has 2 rings (SSSR count). The van der Waals surface area contributed by atoms with Crippen molar-refractivity contribution in [2.45, 2.75) is 44.3 Å². The zero-order valence-electron chi connectivity index (χ0n) is 12.2. The summed E-state index contributed by atoms with van der Waals surface area (Å²) in [4.78, 5) is 0. The van der Waals surface area contributed by atoms with Gasteiger partial charge in [0.2, 0.25) is 0 Å². The van der Waals surface area contributed by atoms with Gasteiger partial charge in [-0.2, -0.15) is 13.2 Å². The summed E-state index contributed by atoms with van der Waals surface area (Å²) in [6, 6.07) is 8.17. The third-order valence-corrected chi connectivity index (χ3v) is 3.82. The van der Waals surface area contributed by atoms with E-state index in [1.165, 1.54) is 18.4 Å². The summed E-state index contributed by atoms with van der Waals surface area (Å²) in [7, 11) is 1.63. The van der Waals surface area contributed by atoms with E-state index in [1.807, 2.05) is 24.3 Å². The van der Waals surface area contributed by atoms with Crippen molar-refractivity contribution in [3.8, 4) is 5.75 Å². The molecule has 0 bridgehead atoms. The monoisotopic (exact) mass is 301 g/mol. The van der Waals surface area contributed by atoms with Gasteiger partial charge in [-0.05, 0) is 55.8 Å². The molecule has 21 heavy (non-hydrogen) atoms. The van der Waals surface area contributed by atoms with Crippen molar-refractivity contribution in [3.63, 3.8) is 0 Å². The highest BCUT2D eigenvalue weighted by atomic mass is 19.4. The van der Waals surface area contributed by atoms with E-state index in [0.29, 0.717) is 18.9 Å². The van der Waals surface area contributed by atoms with E-state index in [0.717, 1.165) is 5.75 Å². The van der Waals surface area contributed by atoms with E-state index in [1.54, 1.807) is 7.11 Å². The minimum absolute atomic E-state index is 0.191. The maximum atomic E-state index is 12.1. The summed E-state index contributed by atoms with van der Waals surface area (Å²) in [6.07, 6.45) is -1.61. The first-order chi connectivity index (χ1) is 9.99. The van der Waals surface area contributed by atoms with Gasteiger partial charge in [-0.25, -0.2) is 0 Å². The quantitative estimate of drug-likeness (QED) is 0.715. The average Bonchev–Trinajstić information content (AvgIpc) is 3.26. The lowest BCUT2D eigenvalue weighted by Crippen LogP contribution is -2.24. The summed E-state index contributed by atoms with van der Waals surface area (Å²) < 4.78 is 41.4. The van der Waals surface area contributed by atoms with Gasteiger partial charge < -0.3 is 10.1 Å². The highest BCUT2D eigenvalue weighted by Crippen LogP contribution is 2.41. The molecule has 1 N–H and O–H groups in total. The van der Waals surface area contributed by atoms with Gasteiger partial charge in [-0.1, -0.05) is 12.1 Å². The Kier molecular flexibility index (Phi) is 5.51. The Morgan fingerprint density at radius 2 is 1.86 bits per heavy atom. The van der Waals surface area contributed by atoms with Gasteiger partial charge in [-0.15, -0.1) is 0 Å². The van der Waals surface area contributed by atoms with Gasteiger partial charge in [0.1, 0.15) is 5.75 Å². The lowest BCUT2D eigenvalue weighted by Gasteiger charge is -2.19. The molecule has 1 fully saturated rings. The number of hydrogen-bond donors (Lipinski definition) is 1. The molecular formula is C16H22F3NO. The predicted octanol–water partition coefficient (Wildman–Crippen LogP) is 4.47. The van der Waals surface area contributed by atoms with Crippen molar-refractivity contribution in [2.24, 2.45) is 5.92 Å². The predicted molar refractivity (Wildman–Crippen MR) is 76.4 cm³/mol. The van der Waals surface area contributed by atoms with E-state index in [2.05, 4.69) is 5.32 Å². The molecule has 1 atom stereocenters. The van der Waals surface area contributed by atoms with Crippen LogP contribution in [0.3, 0.4) is 0 Å². The Morgan fingerprint density at radius 1 is 1.19 bits per heavy atom. The first-order valence-electron chi connectivity index (χ1n) is 7.43. The molecule has 1 aromatic rings. The van der Waals surface area contributed by atoms with Crippen LogP contribution < -0.4 is 10.1 Å². The second-order valence-corrected chi connectivity index (χ2v) is 5.61. The lowest BCUT2D eigenvalue weighted by atomic mass is 10.0. The highest BCUT2D eigenvalue weighted by molar-refractivity contribution is 5.30. The van der Waals surface area contributed by atoms with Crippen LogP contribution in [-0.2, 0) is 0 Å². The molecule has 1 aliphatic rings. The Hall–Kier alpha value is -1.23. The first-order valence-corrected chi connectivity index (χ1v) is 7.43. The number of hydrogen-bond acceptors (Lipinski definition) is 2. The lowest BCUT2D eigenvalue weighted by molar-refractivity contribution is -0.135. The molecule has 2 nitrogen and oxygen atoms in total. The van der Waals surface area contributed by atoms with E-state index in [4.69, 9.17) is 4.74 Å². The number of nitrogens with one attached hydrogen (secondary N) is 1. The fourth-order valence-corrected chi connectivity index (χ4v) is 2.51. The first kappa shape index (κ1) is 16.1. The Balaban J connectivity index is 1.79. The summed E-state index contributed by atoms with van der Waals surface area (Å²) in [6.45, 7) is 0.628. The van der Waals surface area contributed by atoms with Crippen molar-refractivity contribution in [2.75, 3.05) is 13.7 Å². The molecule has 0 saturated heterocycles. The number of ether oxygens (including phenoxy) is 1. The third kappa shape index (κ3) is 5.58. The summed E-state index contributed by atoms with van der Waals surface area (Å²) in [5.74, 6) is 1.43. The number of benzene rings is 1. The third-order valence-electron chi connectivity index (χ3n) is 3.82. The van der Waals surface area contributed by atoms with E-state index < -0.39 is 12.6 Å². The standard InChI is InChI=1S/C16H22F3NO/c1-21-14-8-6-13(7-9-14)15(12-4-5-12)20-11-3-2-10-16(17,18)19/h6-9,12,15,20H,2-5,10-11H2,1H3. The van der Waals surface area contributed by atoms with Crippen LogP contribution in [0.25, 0.3) is 0 Å². The fourth-order valence-electron chi connectivity index (χ4n) is 2.51. The van der Waals surface area contributed by atoms with Crippen LogP contribution in [-0.4, -0.2) is 19.8 Å². The SMILES string of the molecule is COc1ccc(C(NCCCCC(F)(F)F)C2CC2)cc1. The fraction of sp³-hybridized carbons (Fsp3) is 0.625. The van der Waals surface area contributed by atoms with Crippen molar-refractivity contribution in [1.82, 2.24) is 5.32 Å². The van der Waals surface area contributed by atoms with Gasteiger partial charge in [0.05, 0.1) is 7.11 Å². The highest BCUT2D eigenvalue weighted by Gasteiger charge is 2.32. The molecule has 0 radical (unpaired) electrons. The van der Waals surface area contributed by atoms with Crippen molar-refractivity contribution < 1.29 is 17.9 Å². The summed E-state index contributed by atoms with van der Waals surface area (Å²) >= 11 is 0. The molecule has 0 aromatic heterocycles. The Morgan fingerprint density at radius 3 is 2.38 bits per heavy atom. The maximum absolute atomic E-state index is 12.1. The molecular weight excluding hydrogens is 279 g/mol. The summed E-state index contributed by atoms with van der Waals surface area (Å²) in [5.41, 5.74) is 1.19. The molecule has 1 aromatic carbocycles. The van der Waals surface area contributed by atoms with Gasteiger partial charge in [0.15, 0.2) is 0 Å². The zero-order chi connectivity index (χ0) is 15.3. The van der Waals surface area contributed by atoms with Crippen LogP contribution in [0.1, 0.15) is 43.7 Å². The van der Waals surface area contributed by atoms with Crippen LogP contribution in [0, 0.1) is 5.92 Å². The molecule has 0 aliphatic heterocycles. The van der Waals surface area contributed by atoms with Crippen LogP contribution in [0.5, 0.6) is 5.75 Å². The number of halogens is 3.